The first-order valence-electron chi connectivity index (χ1n) is 8.35. The highest BCUT2D eigenvalue weighted by Crippen LogP contribution is 2.30. The first-order valence-corrected chi connectivity index (χ1v) is 8.72. The molecule has 1 aromatic heterocycles. The monoisotopic (exact) mass is 346 g/mol. The number of aromatic nitrogens is 1. The summed E-state index contributed by atoms with van der Waals surface area (Å²) in [5.41, 5.74) is 1.93. The second-order valence-electron chi connectivity index (χ2n) is 6.29. The molecule has 0 spiro atoms. The maximum Gasteiger partial charge on any atom is 0.354 e. The molecule has 1 unspecified atom stereocenters. The van der Waals surface area contributed by atoms with Gasteiger partial charge in [0.2, 0.25) is 0 Å². The summed E-state index contributed by atoms with van der Waals surface area (Å²) in [6.07, 6.45) is 4.03. The molecule has 0 aliphatic carbocycles. The van der Waals surface area contributed by atoms with E-state index in [1.54, 1.807) is 0 Å². The number of halogens is 1. The molecule has 1 atom stereocenters. The quantitative estimate of drug-likeness (QED) is 0.773. The van der Waals surface area contributed by atoms with E-state index in [4.69, 9.17) is 16.3 Å². The van der Waals surface area contributed by atoms with Gasteiger partial charge in [0.05, 0.1) is 7.11 Å². The van der Waals surface area contributed by atoms with Gasteiger partial charge in [-0.1, -0.05) is 23.7 Å². The van der Waals surface area contributed by atoms with Crippen LogP contribution in [0.1, 0.15) is 47.9 Å². The zero-order valence-corrected chi connectivity index (χ0v) is 14.9. The molecular weight excluding hydrogens is 324 g/mol. The molecule has 3 rings (SSSR count). The van der Waals surface area contributed by atoms with E-state index in [2.05, 4.69) is 28.5 Å². The standard InChI is InChI=1S/C19H23ClN2O2/c1-14(15-5-7-16(20)8-6-15)21-12-9-17(10-13-21)22-11-3-4-18(22)19(23)24-2/h3-8,11,14,17H,9-10,12-13H2,1-2H3. The molecule has 128 valence electrons. The predicted octanol–water partition coefficient (Wildman–Crippen LogP) is 4.33. The van der Waals surface area contributed by atoms with Gasteiger partial charge in [-0.05, 0) is 49.6 Å². The largest absolute Gasteiger partial charge is 0.464 e. The van der Waals surface area contributed by atoms with Gasteiger partial charge in [0.25, 0.3) is 0 Å². The number of piperidine rings is 1. The third-order valence-electron chi connectivity index (χ3n) is 4.97. The van der Waals surface area contributed by atoms with Crippen LogP contribution in [-0.2, 0) is 4.74 Å². The van der Waals surface area contributed by atoms with Crippen molar-refractivity contribution in [3.8, 4) is 0 Å². The van der Waals surface area contributed by atoms with Crippen LogP contribution in [0.5, 0.6) is 0 Å². The number of methoxy groups -OCH3 is 1. The maximum absolute atomic E-state index is 11.9. The number of esters is 1. The Kier molecular flexibility index (Phi) is 5.27. The lowest BCUT2D eigenvalue weighted by molar-refractivity contribution is 0.0580. The molecule has 1 saturated heterocycles. The molecular formula is C19H23ClN2O2. The Hall–Kier alpha value is -1.78. The van der Waals surface area contributed by atoms with Crippen LogP contribution in [0.25, 0.3) is 0 Å². The van der Waals surface area contributed by atoms with E-state index < -0.39 is 0 Å². The minimum absolute atomic E-state index is 0.267. The Morgan fingerprint density at radius 1 is 1.21 bits per heavy atom. The van der Waals surface area contributed by atoms with E-state index in [1.807, 2.05) is 30.5 Å². The summed E-state index contributed by atoms with van der Waals surface area (Å²) in [5.74, 6) is -0.267. The average Bonchev–Trinajstić information content (AvgIpc) is 3.11. The number of nitrogens with zero attached hydrogens (tertiary/aromatic N) is 2. The molecule has 2 aromatic rings. The minimum atomic E-state index is -0.267. The topological polar surface area (TPSA) is 34.5 Å². The van der Waals surface area contributed by atoms with E-state index in [0.29, 0.717) is 17.8 Å². The molecule has 0 radical (unpaired) electrons. The molecule has 1 fully saturated rings. The lowest BCUT2D eigenvalue weighted by Crippen LogP contribution is -2.36. The number of hydrogen-bond acceptors (Lipinski definition) is 3. The minimum Gasteiger partial charge on any atom is -0.464 e. The summed E-state index contributed by atoms with van der Waals surface area (Å²) in [5, 5.41) is 0.771. The van der Waals surface area contributed by atoms with Gasteiger partial charge in [-0.15, -0.1) is 0 Å². The molecule has 0 saturated carbocycles. The number of hydrogen-bond donors (Lipinski definition) is 0. The van der Waals surface area contributed by atoms with E-state index in [0.717, 1.165) is 31.0 Å². The summed E-state index contributed by atoms with van der Waals surface area (Å²) < 4.78 is 6.94. The Morgan fingerprint density at radius 2 is 1.88 bits per heavy atom. The van der Waals surface area contributed by atoms with E-state index in [1.165, 1.54) is 12.7 Å². The first-order chi connectivity index (χ1) is 11.6. The number of ether oxygens (including phenoxy) is 1. The van der Waals surface area contributed by atoms with Crippen molar-refractivity contribution in [1.82, 2.24) is 9.47 Å². The van der Waals surface area contributed by atoms with Crippen LogP contribution in [0.2, 0.25) is 5.02 Å². The molecule has 1 aliphatic heterocycles. The zero-order valence-electron chi connectivity index (χ0n) is 14.1. The number of likely N-dealkylation sites (tertiary alicyclic amines) is 1. The fourth-order valence-corrected chi connectivity index (χ4v) is 3.62. The molecule has 0 N–H and O–H groups in total. The molecule has 1 aliphatic rings. The number of carbonyl (C=O) groups is 1. The Bertz CT molecular complexity index is 688. The van der Waals surface area contributed by atoms with Gasteiger partial charge in [-0.3, -0.25) is 4.90 Å². The molecule has 0 amide bonds. The maximum atomic E-state index is 11.9. The normalized spacial score (nSPS) is 17.6. The summed E-state index contributed by atoms with van der Waals surface area (Å²) in [4.78, 5) is 14.3. The first kappa shape index (κ1) is 17.1. The summed E-state index contributed by atoms with van der Waals surface area (Å²) >= 11 is 5.98. The van der Waals surface area contributed by atoms with Gasteiger partial charge < -0.3 is 9.30 Å². The Morgan fingerprint density at radius 3 is 2.50 bits per heavy atom. The van der Waals surface area contributed by atoms with E-state index in [-0.39, 0.29) is 5.97 Å². The number of rotatable bonds is 4. The van der Waals surface area contributed by atoms with Gasteiger partial charge in [-0.2, -0.15) is 0 Å². The van der Waals surface area contributed by atoms with Gasteiger partial charge in [0.1, 0.15) is 5.69 Å². The van der Waals surface area contributed by atoms with Crippen molar-refractivity contribution in [3.05, 3.63) is 58.9 Å². The van der Waals surface area contributed by atoms with Crippen molar-refractivity contribution in [1.29, 1.82) is 0 Å². The van der Waals surface area contributed by atoms with E-state index in [9.17, 15) is 4.79 Å². The van der Waals surface area contributed by atoms with Crippen LogP contribution >= 0.6 is 11.6 Å². The third-order valence-corrected chi connectivity index (χ3v) is 5.22. The van der Waals surface area contributed by atoms with Crippen molar-refractivity contribution < 1.29 is 9.53 Å². The van der Waals surface area contributed by atoms with Crippen LogP contribution in [0.15, 0.2) is 42.6 Å². The van der Waals surface area contributed by atoms with Crippen LogP contribution in [0.4, 0.5) is 0 Å². The van der Waals surface area contributed by atoms with E-state index >= 15 is 0 Å². The number of carbonyl (C=O) groups excluding carboxylic acids is 1. The van der Waals surface area contributed by atoms with Crippen molar-refractivity contribution in [2.24, 2.45) is 0 Å². The van der Waals surface area contributed by atoms with Gasteiger partial charge >= 0.3 is 5.97 Å². The molecule has 24 heavy (non-hydrogen) atoms. The summed E-state index contributed by atoms with van der Waals surface area (Å²) in [6, 6.07) is 12.5. The average molecular weight is 347 g/mol. The van der Waals surface area contributed by atoms with Crippen LogP contribution in [0, 0.1) is 0 Å². The van der Waals surface area contributed by atoms with Crippen molar-refractivity contribution in [2.45, 2.75) is 31.8 Å². The predicted molar refractivity (Wildman–Crippen MR) is 95.5 cm³/mol. The Balaban J connectivity index is 1.65. The fraction of sp³-hybridized carbons (Fsp3) is 0.421. The molecule has 2 heterocycles. The third kappa shape index (κ3) is 3.50. The molecule has 5 heteroatoms. The molecule has 4 nitrogen and oxygen atoms in total. The van der Waals surface area contributed by atoms with Crippen LogP contribution < -0.4 is 0 Å². The summed E-state index contributed by atoms with van der Waals surface area (Å²) in [6.45, 7) is 4.25. The fourth-order valence-electron chi connectivity index (χ4n) is 3.49. The zero-order chi connectivity index (χ0) is 17.1. The highest BCUT2D eigenvalue weighted by molar-refractivity contribution is 6.30. The number of benzene rings is 1. The SMILES string of the molecule is COC(=O)c1cccn1C1CCN(C(C)c2ccc(Cl)cc2)CC1. The lowest BCUT2D eigenvalue weighted by atomic mass is 10.00. The van der Waals surface area contributed by atoms with Crippen molar-refractivity contribution in [3.63, 3.8) is 0 Å². The van der Waals surface area contributed by atoms with Crippen molar-refractivity contribution >= 4 is 17.6 Å². The Labute approximate surface area is 148 Å². The van der Waals surface area contributed by atoms with Gasteiger partial charge in [0.15, 0.2) is 0 Å². The molecule has 1 aromatic carbocycles. The van der Waals surface area contributed by atoms with Crippen LogP contribution in [-0.4, -0.2) is 35.6 Å². The van der Waals surface area contributed by atoms with Crippen molar-refractivity contribution in [2.75, 3.05) is 20.2 Å². The highest BCUT2D eigenvalue weighted by atomic mass is 35.5. The summed E-state index contributed by atoms with van der Waals surface area (Å²) in [7, 11) is 1.43. The van der Waals surface area contributed by atoms with Gasteiger partial charge in [0, 0.05) is 36.4 Å². The lowest BCUT2D eigenvalue weighted by Gasteiger charge is -2.37. The van der Waals surface area contributed by atoms with Crippen LogP contribution in [0.3, 0.4) is 0 Å². The second-order valence-corrected chi connectivity index (χ2v) is 6.72. The second kappa shape index (κ2) is 7.41. The van der Waals surface area contributed by atoms with Gasteiger partial charge in [-0.25, -0.2) is 4.79 Å². The smallest absolute Gasteiger partial charge is 0.354 e. The molecule has 0 bridgehead atoms. The highest BCUT2D eigenvalue weighted by Gasteiger charge is 2.26.